The lowest BCUT2D eigenvalue weighted by Gasteiger charge is -2.19. The van der Waals surface area contributed by atoms with Crippen LogP contribution in [0.3, 0.4) is 0 Å². The highest BCUT2D eigenvalue weighted by Crippen LogP contribution is 2.38. The molecule has 1 N–H and O–H groups in total. The molecule has 0 unspecified atom stereocenters. The number of benzene rings is 2. The number of hydrogen-bond donors (Lipinski definition) is 1. The first-order valence-corrected chi connectivity index (χ1v) is 9.36. The minimum atomic E-state index is -0.477. The van der Waals surface area contributed by atoms with Gasteiger partial charge < -0.3 is 38.3 Å². The van der Waals surface area contributed by atoms with E-state index < -0.39 is 12.4 Å². The highest BCUT2D eigenvalue weighted by molar-refractivity contribution is 6.15. The molecule has 170 valence electrons. The van der Waals surface area contributed by atoms with Crippen LogP contribution in [0.5, 0.6) is 23.0 Å². The first kappa shape index (κ1) is 24.4. The largest absolute Gasteiger partial charge is 0.497 e. The predicted octanol–water partition coefficient (Wildman–Crippen LogP) is 2.68. The Labute approximate surface area is 181 Å². The second-order valence-electron chi connectivity index (χ2n) is 6.44. The molecular formula is C22H28O9. The second kappa shape index (κ2) is 12.1. The minimum Gasteiger partial charge on any atom is -0.497 e. The third kappa shape index (κ3) is 6.08. The zero-order valence-corrected chi connectivity index (χ0v) is 18.4. The molecule has 0 aliphatic carbocycles. The van der Waals surface area contributed by atoms with Crippen molar-refractivity contribution in [2.75, 3.05) is 48.8 Å². The standard InChI is InChI=1S/C22H28O9/c1-14-6-17(29-11-25-2)21(18(7-14)30-12-26-3)22(24)20-15(10-23)8-16(28-5)9-19(20)31-13-27-4/h6-9,23H,10-13H2,1-5H3. The number of carbonyl (C=O) groups excluding carboxylic acids is 1. The topological polar surface area (TPSA) is 102 Å². The lowest BCUT2D eigenvalue weighted by molar-refractivity contribution is 0.0443. The smallest absolute Gasteiger partial charge is 0.204 e. The first-order chi connectivity index (χ1) is 15.0. The number of aliphatic hydroxyl groups is 1. The third-order valence-corrected chi connectivity index (χ3v) is 4.22. The van der Waals surface area contributed by atoms with Crippen LogP contribution >= 0.6 is 0 Å². The van der Waals surface area contributed by atoms with Crippen molar-refractivity contribution in [2.45, 2.75) is 13.5 Å². The number of methoxy groups -OCH3 is 4. The van der Waals surface area contributed by atoms with Crippen molar-refractivity contribution in [3.05, 3.63) is 46.5 Å². The molecule has 0 spiro atoms. The van der Waals surface area contributed by atoms with Crippen LogP contribution in [-0.2, 0) is 20.8 Å². The number of ether oxygens (including phenoxy) is 7. The zero-order chi connectivity index (χ0) is 22.8. The third-order valence-electron chi connectivity index (χ3n) is 4.22. The van der Waals surface area contributed by atoms with Gasteiger partial charge in [0.2, 0.25) is 5.78 Å². The van der Waals surface area contributed by atoms with Gasteiger partial charge in [-0.3, -0.25) is 4.79 Å². The fraction of sp³-hybridized carbons (Fsp3) is 0.409. The SMILES string of the molecule is COCOc1cc(OC)cc(CO)c1C(=O)c1c(OCOC)cc(C)cc1OCOC. The molecular weight excluding hydrogens is 408 g/mol. The van der Waals surface area contributed by atoms with Crippen LogP contribution in [0.4, 0.5) is 0 Å². The predicted molar refractivity (Wildman–Crippen MR) is 111 cm³/mol. The van der Waals surface area contributed by atoms with Crippen LogP contribution in [0.15, 0.2) is 24.3 Å². The van der Waals surface area contributed by atoms with E-state index in [1.54, 1.807) is 24.3 Å². The average Bonchev–Trinajstić information content (AvgIpc) is 2.78. The van der Waals surface area contributed by atoms with Gasteiger partial charge in [-0.05, 0) is 36.2 Å². The van der Waals surface area contributed by atoms with E-state index in [1.807, 2.05) is 6.92 Å². The van der Waals surface area contributed by atoms with Crippen LogP contribution in [-0.4, -0.2) is 59.7 Å². The molecule has 0 aliphatic rings. The summed E-state index contributed by atoms with van der Waals surface area (Å²) in [6, 6.07) is 6.50. The molecule has 0 bridgehead atoms. The van der Waals surface area contributed by atoms with Gasteiger partial charge in [0.1, 0.15) is 28.6 Å². The van der Waals surface area contributed by atoms with Crippen molar-refractivity contribution in [1.82, 2.24) is 0 Å². The van der Waals surface area contributed by atoms with Gasteiger partial charge in [-0.15, -0.1) is 0 Å². The summed E-state index contributed by atoms with van der Waals surface area (Å²) in [5.41, 5.74) is 1.39. The van der Waals surface area contributed by atoms with Crippen LogP contribution < -0.4 is 18.9 Å². The van der Waals surface area contributed by atoms with Crippen LogP contribution in [0.2, 0.25) is 0 Å². The maximum atomic E-state index is 13.8. The summed E-state index contributed by atoms with van der Waals surface area (Å²) >= 11 is 0. The Balaban J connectivity index is 2.71. The Morgan fingerprint density at radius 3 is 1.68 bits per heavy atom. The number of aryl methyl sites for hydroxylation is 1. The van der Waals surface area contributed by atoms with Crippen molar-refractivity contribution in [2.24, 2.45) is 0 Å². The van der Waals surface area contributed by atoms with Gasteiger partial charge in [0.15, 0.2) is 20.4 Å². The van der Waals surface area contributed by atoms with Crippen molar-refractivity contribution in [1.29, 1.82) is 0 Å². The van der Waals surface area contributed by atoms with Gasteiger partial charge in [-0.25, -0.2) is 0 Å². The Hall–Kier alpha value is -2.85. The van der Waals surface area contributed by atoms with Crippen LogP contribution in [0.1, 0.15) is 27.0 Å². The molecule has 9 nitrogen and oxygen atoms in total. The van der Waals surface area contributed by atoms with E-state index in [9.17, 15) is 9.90 Å². The summed E-state index contributed by atoms with van der Waals surface area (Å²) in [4.78, 5) is 13.8. The number of ketones is 1. The highest BCUT2D eigenvalue weighted by Gasteiger charge is 2.27. The van der Waals surface area contributed by atoms with E-state index in [1.165, 1.54) is 28.4 Å². The van der Waals surface area contributed by atoms with Gasteiger partial charge in [-0.1, -0.05) is 0 Å². The summed E-state index contributed by atoms with van der Waals surface area (Å²) in [5.74, 6) is 0.647. The minimum absolute atomic E-state index is 0.0735. The Morgan fingerprint density at radius 2 is 1.26 bits per heavy atom. The molecule has 0 saturated heterocycles. The van der Waals surface area contributed by atoms with Gasteiger partial charge in [0.05, 0.1) is 19.3 Å². The maximum absolute atomic E-state index is 13.8. The lowest BCUT2D eigenvalue weighted by Crippen LogP contribution is -2.15. The summed E-state index contributed by atoms with van der Waals surface area (Å²) in [6.45, 7) is 1.17. The van der Waals surface area contributed by atoms with Crippen LogP contribution in [0, 0.1) is 6.92 Å². The molecule has 0 fully saturated rings. The Bertz CT molecular complexity index is 851. The molecule has 2 rings (SSSR count). The summed E-state index contributed by atoms with van der Waals surface area (Å²) < 4.78 is 37.2. The van der Waals surface area contributed by atoms with E-state index in [0.717, 1.165) is 5.56 Å². The number of rotatable bonds is 13. The molecule has 2 aromatic carbocycles. The average molecular weight is 436 g/mol. The molecule has 31 heavy (non-hydrogen) atoms. The Morgan fingerprint density at radius 1 is 0.774 bits per heavy atom. The van der Waals surface area contributed by atoms with Gasteiger partial charge in [-0.2, -0.15) is 0 Å². The maximum Gasteiger partial charge on any atom is 0.204 e. The Kier molecular flexibility index (Phi) is 9.54. The summed E-state index contributed by atoms with van der Waals surface area (Å²) in [6.07, 6.45) is 0. The van der Waals surface area contributed by atoms with Gasteiger partial charge >= 0.3 is 0 Å². The molecule has 0 radical (unpaired) electrons. The molecule has 0 aromatic heterocycles. The van der Waals surface area contributed by atoms with Crippen molar-refractivity contribution in [3.63, 3.8) is 0 Å². The van der Waals surface area contributed by atoms with E-state index in [2.05, 4.69) is 0 Å². The van der Waals surface area contributed by atoms with Crippen LogP contribution in [0.25, 0.3) is 0 Å². The quantitative estimate of drug-likeness (QED) is 0.375. The summed E-state index contributed by atoms with van der Waals surface area (Å²) in [5, 5.41) is 9.95. The van der Waals surface area contributed by atoms with Crippen molar-refractivity contribution < 1.29 is 43.1 Å². The highest BCUT2D eigenvalue weighted by atomic mass is 16.7. The lowest BCUT2D eigenvalue weighted by atomic mass is 9.95. The number of aliphatic hydroxyl groups excluding tert-OH is 1. The molecule has 0 aliphatic heterocycles. The molecule has 0 heterocycles. The molecule has 0 amide bonds. The van der Waals surface area contributed by atoms with E-state index in [4.69, 9.17) is 33.2 Å². The van der Waals surface area contributed by atoms with E-state index >= 15 is 0 Å². The van der Waals surface area contributed by atoms with Crippen molar-refractivity contribution in [3.8, 4) is 23.0 Å². The number of carbonyl (C=O) groups is 1. The fourth-order valence-corrected chi connectivity index (χ4v) is 2.92. The van der Waals surface area contributed by atoms with Gasteiger partial charge in [0.25, 0.3) is 0 Å². The zero-order valence-electron chi connectivity index (χ0n) is 18.4. The first-order valence-electron chi connectivity index (χ1n) is 9.36. The van der Waals surface area contributed by atoms with Crippen molar-refractivity contribution >= 4 is 5.78 Å². The molecule has 9 heteroatoms. The number of hydrogen-bond acceptors (Lipinski definition) is 9. The summed E-state index contributed by atoms with van der Waals surface area (Å²) in [7, 11) is 5.89. The fourth-order valence-electron chi connectivity index (χ4n) is 2.92. The monoisotopic (exact) mass is 436 g/mol. The molecule has 0 saturated carbocycles. The molecule has 2 aromatic rings. The van der Waals surface area contributed by atoms with E-state index in [-0.39, 0.29) is 48.8 Å². The second-order valence-corrected chi connectivity index (χ2v) is 6.44. The van der Waals surface area contributed by atoms with E-state index in [0.29, 0.717) is 11.3 Å². The molecule has 0 atom stereocenters. The van der Waals surface area contributed by atoms with Gasteiger partial charge in [0, 0.05) is 27.4 Å². The normalized spacial score (nSPS) is 10.6.